The summed E-state index contributed by atoms with van der Waals surface area (Å²) in [5, 5.41) is 9.63. The molecule has 55 heavy (non-hydrogen) atoms. The number of unbranched alkanes of at least 4 members (excludes halogenated alkanes) is 23. The highest BCUT2D eigenvalue weighted by atomic mass is 16.6. The summed E-state index contributed by atoms with van der Waals surface area (Å²) in [6.07, 6.45) is 65.5. The summed E-state index contributed by atoms with van der Waals surface area (Å²) in [7, 11) is 0. The average Bonchev–Trinajstić information content (AvgIpc) is 3.19. The van der Waals surface area contributed by atoms with Crippen LogP contribution in [-0.4, -0.2) is 37.0 Å². The number of esters is 1. The van der Waals surface area contributed by atoms with Crippen molar-refractivity contribution in [3.63, 3.8) is 0 Å². The molecule has 0 amide bonds. The van der Waals surface area contributed by atoms with Crippen LogP contribution in [0, 0.1) is 0 Å². The first-order chi connectivity index (χ1) is 27.2. The van der Waals surface area contributed by atoms with E-state index < -0.39 is 6.10 Å². The zero-order valence-electron chi connectivity index (χ0n) is 36.4. The minimum atomic E-state index is -0.547. The lowest BCUT2D eigenvalue weighted by atomic mass is 10.0. The lowest BCUT2D eigenvalue weighted by Crippen LogP contribution is -2.27. The average molecular weight is 767 g/mol. The van der Waals surface area contributed by atoms with E-state index in [0.717, 1.165) is 64.2 Å². The normalized spacial score (nSPS) is 13.0. The van der Waals surface area contributed by atoms with E-state index in [2.05, 4.69) is 86.8 Å². The largest absolute Gasteiger partial charge is 0.457 e. The second-order valence-electron chi connectivity index (χ2n) is 15.4. The number of carbonyl (C=O) groups excluding carboxylic acids is 1. The van der Waals surface area contributed by atoms with Gasteiger partial charge in [0.2, 0.25) is 0 Å². The van der Waals surface area contributed by atoms with E-state index in [1.54, 1.807) is 0 Å². The molecule has 4 nitrogen and oxygen atoms in total. The van der Waals surface area contributed by atoms with E-state index in [0.29, 0.717) is 13.0 Å². The molecule has 0 saturated carbocycles. The quantitative estimate of drug-likeness (QED) is 0.0381. The maximum Gasteiger partial charge on any atom is 0.306 e. The zero-order chi connectivity index (χ0) is 39.8. The molecule has 0 rings (SSSR count). The highest BCUT2D eigenvalue weighted by Gasteiger charge is 2.13. The van der Waals surface area contributed by atoms with Gasteiger partial charge in [-0.15, -0.1) is 0 Å². The summed E-state index contributed by atoms with van der Waals surface area (Å²) >= 11 is 0. The Morgan fingerprint density at radius 1 is 0.455 bits per heavy atom. The van der Waals surface area contributed by atoms with Gasteiger partial charge in [0, 0.05) is 13.0 Å². The first-order valence-electron chi connectivity index (χ1n) is 23.5. The maximum atomic E-state index is 12.2. The fourth-order valence-corrected chi connectivity index (χ4v) is 6.53. The third-order valence-corrected chi connectivity index (χ3v) is 10.0. The van der Waals surface area contributed by atoms with Crippen LogP contribution in [0.25, 0.3) is 0 Å². The second-order valence-corrected chi connectivity index (χ2v) is 15.4. The Hall–Kier alpha value is -2.17. The zero-order valence-corrected chi connectivity index (χ0v) is 36.4. The van der Waals surface area contributed by atoms with Crippen molar-refractivity contribution in [2.45, 2.75) is 225 Å². The molecule has 0 spiro atoms. The second kappa shape index (κ2) is 48.0. The highest BCUT2D eigenvalue weighted by molar-refractivity contribution is 5.69. The molecule has 0 aromatic carbocycles. The first kappa shape index (κ1) is 52.8. The number of ether oxygens (including phenoxy) is 2. The lowest BCUT2D eigenvalue weighted by Gasteiger charge is -2.16. The number of rotatable bonds is 43. The van der Waals surface area contributed by atoms with Gasteiger partial charge in [-0.3, -0.25) is 4.79 Å². The molecule has 1 atom stereocenters. The summed E-state index contributed by atoms with van der Waals surface area (Å²) in [6.45, 7) is 5.21. The Morgan fingerprint density at radius 3 is 1.24 bits per heavy atom. The van der Waals surface area contributed by atoms with Crippen molar-refractivity contribution >= 4 is 5.97 Å². The van der Waals surface area contributed by atoms with Gasteiger partial charge in [0.1, 0.15) is 6.10 Å². The van der Waals surface area contributed by atoms with Crippen LogP contribution in [-0.2, 0) is 14.3 Å². The van der Waals surface area contributed by atoms with E-state index >= 15 is 0 Å². The van der Waals surface area contributed by atoms with Crippen LogP contribution < -0.4 is 0 Å². The minimum absolute atomic E-state index is 0.181. The molecular formula is C51H90O4. The van der Waals surface area contributed by atoms with E-state index in [4.69, 9.17) is 9.47 Å². The van der Waals surface area contributed by atoms with Gasteiger partial charge in [-0.2, -0.15) is 0 Å². The fraction of sp³-hybridized carbons (Fsp3) is 0.745. The topological polar surface area (TPSA) is 55.8 Å². The Labute approximate surface area is 342 Å². The maximum absolute atomic E-state index is 12.2. The Morgan fingerprint density at radius 2 is 0.818 bits per heavy atom. The molecule has 0 aliphatic rings. The van der Waals surface area contributed by atoms with Crippen molar-refractivity contribution in [1.82, 2.24) is 0 Å². The van der Waals surface area contributed by atoms with E-state index in [9.17, 15) is 9.90 Å². The molecule has 0 bridgehead atoms. The molecule has 1 N–H and O–H groups in total. The van der Waals surface area contributed by atoms with Crippen molar-refractivity contribution in [3.05, 3.63) is 72.9 Å². The molecule has 0 radical (unpaired) electrons. The summed E-state index contributed by atoms with van der Waals surface area (Å²) < 4.78 is 11.2. The molecule has 318 valence electrons. The Balaban J connectivity index is 3.45. The molecule has 0 heterocycles. The molecule has 1 unspecified atom stereocenters. The number of aliphatic hydroxyl groups is 1. The van der Waals surface area contributed by atoms with Crippen molar-refractivity contribution in [2.75, 3.05) is 19.8 Å². The molecule has 0 aromatic heterocycles. The number of carbonyl (C=O) groups is 1. The molecule has 0 aliphatic carbocycles. The van der Waals surface area contributed by atoms with Gasteiger partial charge in [0.25, 0.3) is 0 Å². The number of hydrogen-bond acceptors (Lipinski definition) is 4. The van der Waals surface area contributed by atoms with Crippen LogP contribution >= 0.6 is 0 Å². The minimum Gasteiger partial charge on any atom is -0.457 e. The third kappa shape index (κ3) is 46.1. The van der Waals surface area contributed by atoms with Gasteiger partial charge < -0.3 is 14.6 Å². The van der Waals surface area contributed by atoms with E-state index in [-0.39, 0.29) is 19.2 Å². The summed E-state index contributed by atoms with van der Waals surface area (Å²) in [5.74, 6) is -0.215. The summed E-state index contributed by atoms with van der Waals surface area (Å²) in [6, 6.07) is 0. The van der Waals surface area contributed by atoms with Gasteiger partial charge in [0.05, 0.1) is 13.2 Å². The number of hydrogen-bond donors (Lipinski definition) is 1. The predicted molar refractivity (Wildman–Crippen MR) is 242 cm³/mol. The fourth-order valence-electron chi connectivity index (χ4n) is 6.53. The van der Waals surface area contributed by atoms with Crippen LogP contribution in [0.1, 0.15) is 219 Å². The summed E-state index contributed by atoms with van der Waals surface area (Å²) in [4.78, 5) is 12.2. The van der Waals surface area contributed by atoms with Crippen LogP contribution in [0.4, 0.5) is 0 Å². The van der Waals surface area contributed by atoms with Crippen LogP contribution in [0.5, 0.6) is 0 Å². The molecular weight excluding hydrogens is 677 g/mol. The lowest BCUT2D eigenvalue weighted by molar-refractivity contribution is -0.154. The smallest absolute Gasteiger partial charge is 0.306 e. The monoisotopic (exact) mass is 767 g/mol. The molecule has 0 aromatic rings. The first-order valence-corrected chi connectivity index (χ1v) is 23.5. The van der Waals surface area contributed by atoms with Gasteiger partial charge in [-0.25, -0.2) is 0 Å². The highest BCUT2D eigenvalue weighted by Crippen LogP contribution is 2.14. The molecule has 4 heteroatoms. The molecule has 0 fully saturated rings. The van der Waals surface area contributed by atoms with E-state index in [1.165, 1.54) is 135 Å². The predicted octanol–water partition coefficient (Wildman–Crippen LogP) is 15.8. The van der Waals surface area contributed by atoms with Crippen LogP contribution in [0.2, 0.25) is 0 Å². The van der Waals surface area contributed by atoms with Gasteiger partial charge in [0.15, 0.2) is 0 Å². The van der Waals surface area contributed by atoms with Gasteiger partial charge in [-0.05, 0) is 83.5 Å². The SMILES string of the molecule is CC/C=C\C/C=C\C/C=C\C/C=C\CCCCCCCCC(=O)OC(CO)COCCCCCCCCCCCCCC/C=C\C/C=C\CCCCCCC. The van der Waals surface area contributed by atoms with Gasteiger partial charge in [-0.1, -0.05) is 202 Å². The summed E-state index contributed by atoms with van der Waals surface area (Å²) in [5.41, 5.74) is 0. The molecule has 0 aliphatic heterocycles. The van der Waals surface area contributed by atoms with Gasteiger partial charge >= 0.3 is 5.97 Å². The standard InChI is InChI=1S/C51H90O4/c1-3-5-7-9-11-13-15-17-19-21-23-24-25-26-27-29-31-33-35-37-39-41-43-45-47-54-49-50(48-52)55-51(53)46-44-42-40-38-36-34-32-30-28-22-20-18-16-14-12-10-8-6-4-2/h6,8,12,14-15,17-18,20-21,23,28,30,50,52H,3-5,7,9-11,13,16,19,22,24-27,29,31-49H2,1-2H3/b8-6-,14-12-,17-15-,20-18-,23-21-,30-28-. The van der Waals surface area contributed by atoms with E-state index in [1.807, 2.05) is 0 Å². The number of allylic oxidation sites excluding steroid dienone is 12. The number of aliphatic hydroxyl groups excluding tert-OH is 1. The van der Waals surface area contributed by atoms with Crippen molar-refractivity contribution in [1.29, 1.82) is 0 Å². The van der Waals surface area contributed by atoms with Crippen LogP contribution in [0.3, 0.4) is 0 Å². The van der Waals surface area contributed by atoms with Crippen molar-refractivity contribution in [3.8, 4) is 0 Å². The van der Waals surface area contributed by atoms with Crippen molar-refractivity contribution < 1.29 is 19.4 Å². The van der Waals surface area contributed by atoms with Crippen LogP contribution in [0.15, 0.2) is 72.9 Å². The third-order valence-electron chi connectivity index (χ3n) is 10.0. The molecule has 0 saturated heterocycles. The van der Waals surface area contributed by atoms with Crippen molar-refractivity contribution in [2.24, 2.45) is 0 Å². The Kier molecular flexibility index (Phi) is 46.1. The Bertz CT molecular complexity index is 942.